The van der Waals surface area contributed by atoms with Crippen molar-refractivity contribution >= 4 is 11.6 Å². The van der Waals surface area contributed by atoms with Crippen molar-refractivity contribution in [2.45, 2.75) is 18.5 Å². The van der Waals surface area contributed by atoms with E-state index in [4.69, 9.17) is 0 Å². The molecule has 0 aliphatic carbocycles. The van der Waals surface area contributed by atoms with Crippen molar-refractivity contribution in [1.82, 2.24) is 9.55 Å². The van der Waals surface area contributed by atoms with Crippen LogP contribution in [-0.4, -0.2) is 9.55 Å². The van der Waals surface area contributed by atoms with Gasteiger partial charge >= 0.3 is 18.5 Å². The molecule has 0 bridgehead atoms. The fraction of sp³-hybridized carbons (Fsp3) is 0.158. The normalized spacial score (nSPS) is 12.7. The molecule has 2 aromatic carbocycles. The van der Waals surface area contributed by atoms with Crippen molar-refractivity contribution in [2.24, 2.45) is 0 Å². The predicted molar refractivity (Wildman–Crippen MR) is 94.6 cm³/mol. The molecule has 0 amide bonds. The molecule has 1 aromatic heterocycles. The van der Waals surface area contributed by atoms with Crippen molar-refractivity contribution in [3.05, 3.63) is 81.8 Å². The van der Waals surface area contributed by atoms with Crippen molar-refractivity contribution in [3.63, 3.8) is 0 Å². The van der Waals surface area contributed by atoms with Crippen LogP contribution in [0.15, 0.2) is 59.4 Å². The maximum absolute atomic E-state index is 13.4. The lowest BCUT2D eigenvalue weighted by Crippen LogP contribution is -2.26. The summed E-state index contributed by atoms with van der Waals surface area (Å²) in [7, 11) is 0. The van der Waals surface area contributed by atoms with Gasteiger partial charge in [0, 0.05) is 6.07 Å². The van der Waals surface area contributed by atoms with Crippen molar-refractivity contribution in [3.8, 4) is 5.69 Å². The second kappa shape index (κ2) is 7.88. The summed E-state index contributed by atoms with van der Waals surface area (Å²) < 4.78 is 119. The molecule has 0 saturated heterocycles. The Bertz CT molecular complexity index is 1180. The first-order valence-electron chi connectivity index (χ1n) is 8.50. The zero-order valence-corrected chi connectivity index (χ0v) is 15.4. The zero-order chi connectivity index (χ0) is 23.9. The quantitative estimate of drug-likeness (QED) is 0.479. The third-order valence-corrected chi connectivity index (χ3v) is 4.12. The van der Waals surface area contributed by atoms with Gasteiger partial charge in [-0.15, -0.1) is 0 Å². The van der Waals surface area contributed by atoms with Gasteiger partial charge in [0.1, 0.15) is 0 Å². The molecule has 0 radical (unpaired) electrons. The van der Waals surface area contributed by atoms with Crippen molar-refractivity contribution in [2.75, 3.05) is 5.32 Å². The Labute approximate surface area is 172 Å². The number of nitrogens with zero attached hydrogens (tertiary/aromatic N) is 2. The molecule has 0 atom stereocenters. The maximum atomic E-state index is 13.4. The van der Waals surface area contributed by atoms with E-state index in [1.54, 1.807) is 0 Å². The van der Waals surface area contributed by atoms with Crippen LogP contribution in [0.1, 0.15) is 16.8 Å². The first-order chi connectivity index (χ1) is 14.7. The van der Waals surface area contributed by atoms with Gasteiger partial charge in [-0.3, -0.25) is 4.79 Å². The number of aromatic nitrogens is 2. The minimum atomic E-state index is -5.16. The summed E-state index contributed by atoms with van der Waals surface area (Å²) in [5.74, 6) is -1.05. The lowest BCUT2D eigenvalue weighted by atomic mass is 10.1. The summed E-state index contributed by atoms with van der Waals surface area (Å²) in [6, 6.07) is 7.26. The Morgan fingerprint density at radius 3 is 1.91 bits per heavy atom. The van der Waals surface area contributed by atoms with Crippen LogP contribution in [0.25, 0.3) is 5.69 Å². The van der Waals surface area contributed by atoms with Crippen LogP contribution in [0.5, 0.6) is 0 Å². The van der Waals surface area contributed by atoms with E-state index in [0.717, 1.165) is 0 Å². The second-order valence-corrected chi connectivity index (χ2v) is 6.35. The topological polar surface area (TPSA) is 46.9 Å². The van der Waals surface area contributed by atoms with E-state index in [2.05, 4.69) is 4.98 Å². The van der Waals surface area contributed by atoms with Gasteiger partial charge in [-0.2, -0.15) is 39.5 Å². The maximum Gasteiger partial charge on any atom is 0.433 e. The van der Waals surface area contributed by atoms with Gasteiger partial charge in [0.25, 0.3) is 5.56 Å². The van der Waals surface area contributed by atoms with E-state index in [9.17, 15) is 44.3 Å². The van der Waals surface area contributed by atoms with Crippen molar-refractivity contribution in [1.29, 1.82) is 0 Å². The third-order valence-electron chi connectivity index (χ3n) is 4.12. The van der Waals surface area contributed by atoms with Crippen LogP contribution in [0.2, 0.25) is 0 Å². The number of alkyl halides is 9. The molecule has 170 valence electrons. The molecule has 32 heavy (non-hydrogen) atoms. The van der Waals surface area contributed by atoms with Gasteiger partial charge in [0.05, 0.1) is 22.5 Å². The summed E-state index contributed by atoms with van der Waals surface area (Å²) in [6.07, 6.45) is -15.3. The molecule has 0 fully saturated rings. The van der Waals surface area contributed by atoms with E-state index in [1.165, 1.54) is 30.3 Å². The van der Waals surface area contributed by atoms with E-state index >= 15 is 0 Å². The lowest BCUT2D eigenvalue weighted by molar-refractivity contribution is -0.141. The summed E-state index contributed by atoms with van der Waals surface area (Å²) in [6.45, 7) is 0. The molecule has 4 nitrogen and oxygen atoms in total. The summed E-state index contributed by atoms with van der Waals surface area (Å²) in [5, 5.41) is 1.84. The highest BCUT2D eigenvalue weighted by molar-refractivity contribution is 5.63. The molecule has 0 saturated carbocycles. The molecule has 3 aromatic rings. The largest absolute Gasteiger partial charge is 0.433 e. The van der Waals surface area contributed by atoms with Gasteiger partial charge in [0.15, 0.2) is 5.69 Å². The highest BCUT2D eigenvalue weighted by atomic mass is 19.4. The number of halogens is 9. The van der Waals surface area contributed by atoms with Crippen LogP contribution in [0.3, 0.4) is 0 Å². The van der Waals surface area contributed by atoms with Crippen LogP contribution in [-0.2, 0) is 18.5 Å². The van der Waals surface area contributed by atoms with Crippen LogP contribution in [0, 0.1) is 0 Å². The van der Waals surface area contributed by atoms with Crippen molar-refractivity contribution < 1.29 is 39.5 Å². The third kappa shape index (κ3) is 4.86. The first kappa shape index (κ1) is 23.2. The highest BCUT2D eigenvalue weighted by Gasteiger charge is 2.38. The molecular formula is C19H10F9N3O. The molecule has 1 N–H and O–H groups in total. The number of nitrogens with one attached hydrogen (secondary N) is 1. The molecule has 13 heteroatoms. The molecule has 0 unspecified atom stereocenters. The number of hydrogen-bond acceptors (Lipinski definition) is 3. The summed E-state index contributed by atoms with van der Waals surface area (Å²) in [4.78, 5) is 15.6. The number of benzene rings is 2. The Hall–Kier alpha value is -3.51. The SMILES string of the molecule is O=c1cc(C(F)(F)F)nc(Nc2cc(C(F)(F)F)ccc2C(F)(F)F)n1-c1ccccc1. The Balaban J connectivity index is 2.28. The van der Waals surface area contributed by atoms with Crippen LogP contribution >= 0.6 is 0 Å². The smallest absolute Gasteiger partial charge is 0.325 e. The van der Waals surface area contributed by atoms with Crippen LogP contribution in [0.4, 0.5) is 51.1 Å². The van der Waals surface area contributed by atoms with Crippen LogP contribution < -0.4 is 10.9 Å². The van der Waals surface area contributed by atoms with Gasteiger partial charge in [-0.05, 0) is 30.3 Å². The van der Waals surface area contributed by atoms with E-state index < -0.39 is 52.5 Å². The second-order valence-electron chi connectivity index (χ2n) is 6.35. The molecule has 0 spiro atoms. The van der Waals surface area contributed by atoms with E-state index in [-0.39, 0.29) is 30.0 Å². The minimum Gasteiger partial charge on any atom is -0.325 e. The van der Waals surface area contributed by atoms with E-state index in [0.29, 0.717) is 4.57 Å². The monoisotopic (exact) mass is 467 g/mol. The first-order valence-corrected chi connectivity index (χ1v) is 8.50. The zero-order valence-electron chi connectivity index (χ0n) is 15.4. The molecule has 0 aliphatic heterocycles. The van der Waals surface area contributed by atoms with Gasteiger partial charge in [0.2, 0.25) is 5.95 Å². The Morgan fingerprint density at radius 2 is 1.38 bits per heavy atom. The fourth-order valence-electron chi connectivity index (χ4n) is 2.73. The highest BCUT2D eigenvalue weighted by Crippen LogP contribution is 2.40. The molecule has 1 heterocycles. The average Bonchev–Trinajstić information content (AvgIpc) is 2.66. The minimum absolute atomic E-state index is 0.0740. The summed E-state index contributed by atoms with van der Waals surface area (Å²) in [5.41, 5.74) is -7.46. The standard InChI is InChI=1S/C19H10F9N3O/c20-17(21,22)10-6-7-12(18(23,24)25)13(8-10)29-16-30-14(19(26,27)28)9-15(32)31(16)11-4-2-1-3-5-11/h1-9H,(H,29,30). The molecule has 3 rings (SSSR count). The lowest BCUT2D eigenvalue weighted by Gasteiger charge is -2.19. The average molecular weight is 467 g/mol. The summed E-state index contributed by atoms with van der Waals surface area (Å²) >= 11 is 0. The van der Waals surface area contributed by atoms with Gasteiger partial charge in [-0.1, -0.05) is 18.2 Å². The van der Waals surface area contributed by atoms with Gasteiger partial charge < -0.3 is 5.32 Å². The number of hydrogen-bond donors (Lipinski definition) is 1. The fourth-order valence-corrected chi connectivity index (χ4v) is 2.73. The number of rotatable bonds is 3. The molecule has 0 aliphatic rings. The van der Waals surface area contributed by atoms with E-state index in [1.807, 2.05) is 5.32 Å². The Kier molecular flexibility index (Phi) is 5.70. The van der Waals surface area contributed by atoms with Gasteiger partial charge in [-0.25, -0.2) is 9.55 Å². The predicted octanol–water partition coefficient (Wildman–Crippen LogP) is 6.03. The molecular weight excluding hydrogens is 457 g/mol. The Morgan fingerprint density at radius 1 is 0.750 bits per heavy atom. The number of para-hydroxylation sites is 1. The number of anilines is 2.